The number of hydrogen-bond donors (Lipinski definition) is 0. The highest BCUT2D eigenvalue weighted by molar-refractivity contribution is 6.25. The summed E-state index contributed by atoms with van der Waals surface area (Å²) in [6, 6.07) is 13.6. The average Bonchev–Trinajstić information content (AvgIpc) is 2.79. The molecule has 0 unspecified atom stereocenters. The molecule has 0 saturated carbocycles. The first-order valence-corrected chi connectivity index (χ1v) is 7.70. The number of imide groups is 1. The van der Waals surface area contributed by atoms with E-state index in [0.29, 0.717) is 6.42 Å². The van der Waals surface area contributed by atoms with Crippen molar-refractivity contribution in [3.8, 4) is 0 Å². The maximum absolute atomic E-state index is 12.9. The van der Waals surface area contributed by atoms with Gasteiger partial charge < -0.3 is 0 Å². The summed E-state index contributed by atoms with van der Waals surface area (Å²) >= 11 is 0. The fourth-order valence-electron chi connectivity index (χ4n) is 3.79. The van der Waals surface area contributed by atoms with Crippen molar-refractivity contribution in [1.29, 1.82) is 0 Å². The molecule has 22 heavy (non-hydrogen) atoms. The third-order valence-corrected chi connectivity index (χ3v) is 4.88. The summed E-state index contributed by atoms with van der Waals surface area (Å²) in [5, 5.41) is 1.99. The zero-order valence-corrected chi connectivity index (χ0v) is 12.4. The molecular formula is C19H17NO2. The predicted octanol–water partition coefficient (Wildman–Crippen LogP) is 3.54. The first-order valence-electron chi connectivity index (χ1n) is 7.70. The van der Waals surface area contributed by atoms with E-state index in [1.165, 1.54) is 4.90 Å². The van der Waals surface area contributed by atoms with Crippen LogP contribution in [0.3, 0.4) is 0 Å². The van der Waals surface area contributed by atoms with Crippen molar-refractivity contribution in [1.82, 2.24) is 0 Å². The van der Waals surface area contributed by atoms with E-state index in [1.54, 1.807) is 0 Å². The molecular weight excluding hydrogens is 274 g/mol. The molecule has 2 aromatic rings. The van der Waals surface area contributed by atoms with Gasteiger partial charge in [0.15, 0.2) is 0 Å². The number of benzene rings is 2. The predicted molar refractivity (Wildman–Crippen MR) is 86.3 cm³/mol. The highest BCUT2D eigenvalue weighted by Crippen LogP contribution is 2.41. The molecule has 0 N–H and O–H groups in total. The second-order valence-corrected chi connectivity index (χ2v) is 6.17. The van der Waals surface area contributed by atoms with Crippen LogP contribution in [0.2, 0.25) is 0 Å². The molecule has 3 atom stereocenters. The van der Waals surface area contributed by atoms with Gasteiger partial charge in [-0.05, 0) is 23.8 Å². The number of amides is 2. The first kappa shape index (κ1) is 13.3. The largest absolute Gasteiger partial charge is 0.274 e. The Labute approximate surface area is 129 Å². The lowest BCUT2D eigenvalue weighted by atomic mass is 9.78. The summed E-state index contributed by atoms with van der Waals surface area (Å²) in [5.74, 6) is -0.399. The van der Waals surface area contributed by atoms with E-state index in [2.05, 4.69) is 6.08 Å². The van der Waals surface area contributed by atoms with Crippen LogP contribution in [0.15, 0.2) is 54.6 Å². The van der Waals surface area contributed by atoms with Gasteiger partial charge in [-0.25, -0.2) is 4.90 Å². The number of nitrogens with zero attached hydrogens (tertiary/aromatic N) is 1. The molecule has 1 fully saturated rings. The van der Waals surface area contributed by atoms with E-state index in [0.717, 1.165) is 16.5 Å². The third kappa shape index (κ3) is 1.75. The number of anilines is 1. The molecule has 0 radical (unpaired) electrons. The molecule has 1 saturated heterocycles. The van der Waals surface area contributed by atoms with Crippen LogP contribution in [-0.4, -0.2) is 11.8 Å². The quantitative estimate of drug-likeness (QED) is 0.595. The number of allylic oxidation sites excluding steroid dienone is 2. The summed E-state index contributed by atoms with van der Waals surface area (Å²) in [7, 11) is 0. The Morgan fingerprint density at radius 2 is 1.77 bits per heavy atom. The molecule has 2 aliphatic rings. The SMILES string of the molecule is C[C@@H]1C=CC[C@@H]2C(=O)N(c3cccc4ccccc34)C(=O)[C@@H]12. The Hall–Kier alpha value is -2.42. The van der Waals surface area contributed by atoms with Crippen LogP contribution in [0.5, 0.6) is 0 Å². The summed E-state index contributed by atoms with van der Waals surface area (Å²) < 4.78 is 0. The van der Waals surface area contributed by atoms with Crippen molar-refractivity contribution >= 4 is 28.3 Å². The van der Waals surface area contributed by atoms with Crippen molar-refractivity contribution in [2.45, 2.75) is 13.3 Å². The maximum Gasteiger partial charge on any atom is 0.238 e. The van der Waals surface area contributed by atoms with Crippen molar-refractivity contribution in [2.75, 3.05) is 4.90 Å². The van der Waals surface area contributed by atoms with Crippen molar-refractivity contribution in [2.24, 2.45) is 17.8 Å². The number of hydrogen-bond acceptors (Lipinski definition) is 2. The molecule has 2 amide bonds. The molecule has 3 nitrogen and oxygen atoms in total. The zero-order valence-electron chi connectivity index (χ0n) is 12.4. The topological polar surface area (TPSA) is 37.4 Å². The van der Waals surface area contributed by atoms with E-state index in [9.17, 15) is 9.59 Å². The van der Waals surface area contributed by atoms with Gasteiger partial charge in [0.1, 0.15) is 0 Å². The van der Waals surface area contributed by atoms with Crippen molar-refractivity contribution in [3.63, 3.8) is 0 Å². The molecule has 1 aliphatic heterocycles. The van der Waals surface area contributed by atoms with Crippen LogP contribution < -0.4 is 4.90 Å². The van der Waals surface area contributed by atoms with Gasteiger partial charge in [-0.1, -0.05) is 55.5 Å². The molecule has 1 heterocycles. The van der Waals surface area contributed by atoms with Gasteiger partial charge >= 0.3 is 0 Å². The van der Waals surface area contributed by atoms with Crippen LogP contribution >= 0.6 is 0 Å². The van der Waals surface area contributed by atoms with E-state index < -0.39 is 0 Å². The Morgan fingerprint density at radius 1 is 1.00 bits per heavy atom. The normalized spacial score (nSPS) is 27.5. The van der Waals surface area contributed by atoms with Gasteiger partial charge in [-0.3, -0.25) is 9.59 Å². The second kappa shape index (κ2) is 4.80. The van der Waals surface area contributed by atoms with Crippen molar-refractivity contribution < 1.29 is 9.59 Å². The summed E-state index contributed by atoms with van der Waals surface area (Å²) in [6.07, 6.45) is 4.75. The Bertz CT molecular complexity index is 803. The molecule has 1 aliphatic carbocycles. The lowest BCUT2D eigenvalue weighted by Gasteiger charge is -2.22. The third-order valence-electron chi connectivity index (χ3n) is 4.88. The van der Waals surface area contributed by atoms with Gasteiger partial charge in [-0.2, -0.15) is 0 Å². The first-order chi connectivity index (χ1) is 10.7. The minimum Gasteiger partial charge on any atom is -0.274 e. The number of carbonyl (C=O) groups is 2. The van der Waals surface area contributed by atoms with Gasteiger partial charge in [-0.15, -0.1) is 0 Å². The van der Waals surface area contributed by atoms with E-state index in [1.807, 2.05) is 55.5 Å². The lowest BCUT2D eigenvalue weighted by Crippen LogP contribution is -2.31. The summed E-state index contributed by atoms with van der Waals surface area (Å²) in [4.78, 5) is 27.1. The van der Waals surface area contributed by atoms with Crippen LogP contribution in [0.25, 0.3) is 10.8 Å². The molecule has 4 rings (SSSR count). The summed E-state index contributed by atoms with van der Waals surface area (Å²) in [6.45, 7) is 2.02. The summed E-state index contributed by atoms with van der Waals surface area (Å²) in [5.41, 5.74) is 0.717. The van der Waals surface area contributed by atoms with E-state index in [4.69, 9.17) is 0 Å². The fraction of sp³-hybridized carbons (Fsp3) is 0.263. The standard InChI is InChI=1S/C19H17NO2/c1-12-6-4-10-15-17(12)19(22)20(18(15)21)16-11-5-8-13-7-2-3-9-14(13)16/h2-9,11-12,15,17H,10H2,1H3/t12-,15+,17+/m1/s1. The smallest absolute Gasteiger partial charge is 0.238 e. The molecule has 0 spiro atoms. The van der Waals surface area contributed by atoms with Crippen LogP contribution in [-0.2, 0) is 9.59 Å². The van der Waals surface area contributed by atoms with Gasteiger partial charge in [0.05, 0.1) is 17.5 Å². The Kier molecular flexibility index (Phi) is 2.89. The number of carbonyl (C=O) groups excluding carboxylic acids is 2. The average molecular weight is 291 g/mol. The highest BCUT2D eigenvalue weighted by atomic mass is 16.2. The van der Waals surface area contributed by atoms with Crippen molar-refractivity contribution in [3.05, 3.63) is 54.6 Å². The Balaban J connectivity index is 1.86. The molecule has 0 aromatic heterocycles. The number of rotatable bonds is 1. The van der Waals surface area contributed by atoms with Gasteiger partial charge in [0.25, 0.3) is 0 Å². The highest BCUT2D eigenvalue weighted by Gasteiger charge is 2.50. The maximum atomic E-state index is 12.9. The molecule has 3 heteroatoms. The minimum atomic E-state index is -0.212. The van der Waals surface area contributed by atoms with Gasteiger partial charge in [0, 0.05) is 5.39 Å². The van der Waals surface area contributed by atoms with Crippen LogP contribution in [0.4, 0.5) is 5.69 Å². The fourth-order valence-corrected chi connectivity index (χ4v) is 3.79. The Morgan fingerprint density at radius 3 is 2.59 bits per heavy atom. The molecule has 0 bridgehead atoms. The van der Waals surface area contributed by atoms with Crippen LogP contribution in [0, 0.1) is 17.8 Å². The molecule has 110 valence electrons. The van der Waals surface area contributed by atoms with Gasteiger partial charge in [0.2, 0.25) is 11.8 Å². The molecule has 2 aromatic carbocycles. The van der Waals surface area contributed by atoms with E-state index >= 15 is 0 Å². The second-order valence-electron chi connectivity index (χ2n) is 6.17. The van der Waals surface area contributed by atoms with E-state index in [-0.39, 0.29) is 29.6 Å². The minimum absolute atomic E-state index is 0.0526. The number of fused-ring (bicyclic) bond motifs is 2. The lowest BCUT2D eigenvalue weighted by molar-refractivity contribution is -0.122. The monoisotopic (exact) mass is 291 g/mol. The van der Waals surface area contributed by atoms with Crippen LogP contribution in [0.1, 0.15) is 13.3 Å². The zero-order chi connectivity index (χ0) is 15.3.